The first kappa shape index (κ1) is 19.0. The number of methoxy groups -OCH3 is 2. The molecule has 0 radical (unpaired) electrons. The van der Waals surface area contributed by atoms with Crippen molar-refractivity contribution in [1.82, 2.24) is 15.1 Å². The molecule has 2 heterocycles. The number of halogens is 1. The van der Waals surface area contributed by atoms with Gasteiger partial charge in [-0.25, -0.2) is 4.98 Å². The summed E-state index contributed by atoms with van der Waals surface area (Å²) >= 11 is 5.99. The predicted octanol–water partition coefficient (Wildman–Crippen LogP) is 4.61. The molecule has 4 aromatic rings. The lowest BCUT2D eigenvalue weighted by molar-refractivity contribution is 0.354. The summed E-state index contributed by atoms with van der Waals surface area (Å²) in [5.41, 5.74) is 3.10. The van der Waals surface area contributed by atoms with E-state index in [1.165, 1.54) is 6.33 Å². The van der Waals surface area contributed by atoms with E-state index >= 15 is 0 Å². The van der Waals surface area contributed by atoms with Crippen LogP contribution in [-0.4, -0.2) is 35.9 Å². The van der Waals surface area contributed by atoms with E-state index in [9.17, 15) is 0 Å². The molecule has 0 aliphatic heterocycles. The number of nitrogens with one attached hydrogen (secondary N) is 1. The number of fused-ring (bicyclic) bond motifs is 1. The zero-order chi connectivity index (χ0) is 20.2. The van der Waals surface area contributed by atoms with Crippen molar-refractivity contribution in [3.63, 3.8) is 0 Å². The molecule has 7 nitrogen and oxygen atoms in total. The fourth-order valence-corrected chi connectivity index (χ4v) is 3.21. The molecule has 0 saturated carbocycles. The fraction of sp³-hybridized carbons (Fsp3) is 0.190. The van der Waals surface area contributed by atoms with E-state index in [0.29, 0.717) is 40.3 Å². The summed E-state index contributed by atoms with van der Waals surface area (Å²) in [7, 11) is 3.25. The number of ether oxygens (including phenoxy) is 2. The van der Waals surface area contributed by atoms with E-state index < -0.39 is 0 Å². The molecule has 0 atom stereocenters. The molecule has 0 amide bonds. The van der Waals surface area contributed by atoms with Gasteiger partial charge in [0.15, 0.2) is 11.5 Å². The van der Waals surface area contributed by atoms with E-state index in [1.54, 1.807) is 14.2 Å². The molecule has 8 heteroatoms. The number of benzene rings is 2. The van der Waals surface area contributed by atoms with Gasteiger partial charge < -0.3 is 19.3 Å². The van der Waals surface area contributed by atoms with Crippen molar-refractivity contribution >= 4 is 28.5 Å². The molecule has 0 fully saturated rings. The highest BCUT2D eigenvalue weighted by Gasteiger charge is 2.16. The van der Waals surface area contributed by atoms with Gasteiger partial charge in [0.2, 0.25) is 0 Å². The van der Waals surface area contributed by atoms with Crippen LogP contribution in [0, 0.1) is 0 Å². The van der Waals surface area contributed by atoms with Gasteiger partial charge in [-0.2, -0.15) is 4.98 Å². The molecule has 148 valence electrons. The number of nitrogens with zero attached hydrogens (tertiary/aromatic N) is 3. The van der Waals surface area contributed by atoms with E-state index in [1.807, 2.05) is 42.5 Å². The summed E-state index contributed by atoms with van der Waals surface area (Å²) in [4.78, 5) is 8.56. The van der Waals surface area contributed by atoms with Gasteiger partial charge in [-0.05, 0) is 36.2 Å². The van der Waals surface area contributed by atoms with Crippen LogP contribution in [0.4, 0.5) is 5.82 Å². The minimum absolute atomic E-state index is 0.429. The number of hydrogen-bond acceptors (Lipinski definition) is 7. The van der Waals surface area contributed by atoms with E-state index in [0.717, 1.165) is 22.9 Å². The Morgan fingerprint density at radius 1 is 1.00 bits per heavy atom. The highest BCUT2D eigenvalue weighted by Crippen LogP contribution is 2.32. The van der Waals surface area contributed by atoms with Crippen LogP contribution in [0.15, 0.2) is 53.3 Å². The maximum absolute atomic E-state index is 5.99. The molecule has 0 unspecified atom stereocenters. The van der Waals surface area contributed by atoms with Crippen molar-refractivity contribution < 1.29 is 14.0 Å². The Morgan fingerprint density at radius 2 is 1.79 bits per heavy atom. The van der Waals surface area contributed by atoms with Crippen LogP contribution in [0.25, 0.3) is 22.4 Å². The number of aromatic nitrogens is 3. The van der Waals surface area contributed by atoms with Gasteiger partial charge in [-0.3, -0.25) is 0 Å². The van der Waals surface area contributed by atoms with Crippen LogP contribution >= 0.6 is 11.6 Å². The Kier molecular flexibility index (Phi) is 5.48. The van der Waals surface area contributed by atoms with Crippen LogP contribution in [0.1, 0.15) is 5.56 Å². The fourth-order valence-electron chi connectivity index (χ4n) is 3.09. The third-order valence-electron chi connectivity index (χ3n) is 4.54. The van der Waals surface area contributed by atoms with Gasteiger partial charge in [0.05, 0.1) is 14.2 Å². The standard InChI is InChI=1S/C21H19ClN4O3/c1-27-16-8-3-13(11-17(16)28-2)9-10-23-20-18-19(14-4-6-15(22)7-5-14)26-29-21(18)25-12-24-20/h3-8,11-12H,9-10H2,1-2H3,(H,23,24,25). The molecule has 2 aromatic heterocycles. The Bertz CT molecular complexity index is 1130. The van der Waals surface area contributed by atoms with Gasteiger partial charge in [0.1, 0.15) is 23.2 Å². The van der Waals surface area contributed by atoms with Crippen molar-refractivity contribution in [2.45, 2.75) is 6.42 Å². The number of rotatable bonds is 7. The summed E-state index contributed by atoms with van der Waals surface area (Å²) in [6, 6.07) is 13.3. The lowest BCUT2D eigenvalue weighted by atomic mass is 10.1. The molecule has 0 saturated heterocycles. The van der Waals surface area contributed by atoms with E-state index in [4.69, 9.17) is 25.6 Å². The monoisotopic (exact) mass is 410 g/mol. The van der Waals surface area contributed by atoms with Gasteiger partial charge in [-0.15, -0.1) is 0 Å². The Morgan fingerprint density at radius 3 is 2.55 bits per heavy atom. The largest absolute Gasteiger partial charge is 0.493 e. The zero-order valence-corrected chi connectivity index (χ0v) is 16.7. The first-order chi connectivity index (χ1) is 14.2. The molecule has 0 aliphatic rings. The highest BCUT2D eigenvalue weighted by molar-refractivity contribution is 6.30. The third-order valence-corrected chi connectivity index (χ3v) is 4.80. The summed E-state index contributed by atoms with van der Waals surface area (Å²) in [5, 5.41) is 8.93. The Hall–Kier alpha value is -3.32. The van der Waals surface area contributed by atoms with Gasteiger partial charge in [0, 0.05) is 17.1 Å². The summed E-state index contributed by atoms with van der Waals surface area (Å²) in [6.45, 7) is 0.660. The maximum atomic E-state index is 5.99. The second-order valence-corrected chi connectivity index (χ2v) is 6.74. The third kappa shape index (κ3) is 3.95. The Labute approximate surface area is 172 Å². The van der Waals surface area contributed by atoms with E-state index in [2.05, 4.69) is 20.4 Å². The topological polar surface area (TPSA) is 82.3 Å². The van der Waals surface area contributed by atoms with Crippen molar-refractivity contribution in [2.24, 2.45) is 0 Å². The average molecular weight is 411 g/mol. The van der Waals surface area contributed by atoms with Gasteiger partial charge in [0.25, 0.3) is 5.71 Å². The first-order valence-corrected chi connectivity index (χ1v) is 9.38. The lowest BCUT2D eigenvalue weighted by Crippen LogP contribution is -2.07. The summed E-state index contributed by atoms with van der Waals surface area (Å²) in [6.07, 6.45) is 2.23. The first-order valence-electron chi connectivity index (χ1n) is 9.00. The molecule has 0 aliphatic carbocycles. The molecule has 29 heavy (non-hydrogen) atoms. The number of anilines is 1. The van der Waals surface area contributed by atoms with Crippen LogP contribution in [0.5, 0.6) is 11.5 Å². The second-order valence-electron chi connectivity index (χ2n) is 6.31. The van der Waals surface area contributed by atoms with Gasteiger partial charge >= 0.3 is 0 Å². The molecule has 0 spiro atoms. The van der Waals surface area contributed by atoms with Crippen molar-refractivity contribution in [3.05, 3.63) is 59.4 Å². The quantitative estimate of drug-likeness (QED) is 0.476. The molecule has 4 rings (SSSR count). The molecule has 0 bridgehead atoms. The van der Waals surface area contributed by atoms with Crippen LogP contribution in [-0.2, 0) is 6.42 Å². The van der Waals surface area contributed by atoms with Crippen molar-refractivity contribution in [3.8, 4) is 22.8 Å². The van der Waals surface area contributed by atoms with Crippen molar-refractivity contribution in [1.29, 1.82) is 0 Å². The normalized spacial score (nSPS) is 10.9. The van der Waals surface area contributed by atoms with Crippen LogP contribution in [0.3, 0.4) is 0 Å². The van der Waals surface area contributed by atoms with Crippen LogP contribution in [0.2, 0.25) is 5.02 Å². The number of hydrogen-bond donors (Lipinski definition) is 1. The zero-order valence-electron chi connectivity index (χ0n) is 16.0. The van der Waals surface area contributed by atoms with E-state index in [-0.39, 0.29) is 0 Å². The minimum atomic E-state index is 0.429. The lowest BCUT2D eigenvalue weighted by Gasteiger charge is -2.10. The summed E-state index contributed by atoms with van der Waals surface area (Å²) < 4.78 is 16.0. The van der Waals surface area contributed by atoms with Crippen LogP contribution < -0.4 is 14.8 Å². The highest BCUT2D eigenvalue weighted by atomic mass is 35.5. The van der Waals surface area contributed by atoms with Gasteiger partial charge in [-0.1, -0.05) is 35.0 Å². The smallest absolute Gasteiger partial charge is 0.263 e. The molecular formula is C21H19ClN4O3. The minimum Gasteiger partial charge on any atom is -0.493 e. The predicted molar refractivity (Wildman–Crippen MR) is 112 cm³/mol. The molecule has 1 N–H and O–H groups in total. The molecule has 2 aromatic carbocycles. The second kappa shape index (κ2) is 8.36. The average Bonchev–Trinajstić information content (AvgIpc) is 3.19. The Balaban J connectivity index is 1.55. The van der Waals surface area contributed by atoms with Crippen molar-refractivity contribution in [2.75, 3.05) is 26.1 Å². The maximum Gasteiger partial charge on any atom is 0.263 e. The molecular weight excluding hydrogens is 392 g/mol. The SMILES string of the molecule is COc1ccc(CCNc2ncnc3onc(-c4ccc(Cl)cc4)c23)cc1OC. The summed E-state index contributed by atoms with van der Waals surface area (Å²) in [5.74, 6) is 2.08.